The van der Waals surface area contributed by atoms with E-state index in [0.29, 0.717) is 17.5 Å². The lowest BCUT2D eigenvalue weighted by Gasteiger charge is -2.24. The monoisotopic (exact) mass is 394 g/mol. The van der Waals surface area contributed by atoms with E-state index < -0.39 is 17.5 Å². The maximum atomic E-state index is 13.1. The van der Waals surface area contributed by atoms with Crippen LogP contribution >= 0.6 is 0 Å². The van der Waals surface area contributed by atoms with E-state index in [-0.39, 0.29) is 5.75 Å². The molecule has 2 aromatic carbocycles. The average molecular weight is 394 g/mol. The minimum atomic E-state index is -1.13. The Balaban J connectivity index is 1.86. The fraction of sp³-hybridized carbons (Fsp3) is 0.318. The third-order valence-electron chi connectivity index (χ3n) is 5.32. The Morgan fingerprint density at radius 3 is 2.38 bits per heavy atom. The van der Waals surface area contributed by atoms with Gasteiger partial charge in [0.15, 0.2) is 0 Å². The Morgan fingerprint density at radius 1 is 1.10 bits per heavy atom. The molecule has 7 heteroatoms. The number of aromatic hydroxyl groups is 1. The molecule has 1 saturated heterocycles. The summed E-state index contributed by atoms with van der Waals surface area (Å²) in [6.45, 7) is 7.57. The summed E-state index contributed by atoms with van der Waals surface area (Å²) < 4.78 is 0. The van der Waals surface area contributed by atoms with Gasteiger partial charge in [-0.3, -0.25) is 4.79 Å². The first-order valence-corrected chi connectivity index (χ1v) is 9.81. The number of hydrogen-bond donors (Lipinski definition) is 2. The molecule has 0 saturated carbocycles. The number of imide groups is 1. The number of hydrazone groups is 1. The highest BCUT2D eigenvalue weighted by Gasteiger charge is 2.51. The van der Waals surface area contributed by atoms with Crippen molar-refractivity contribution in [3.63, 3.8) is 0 Å². The molecule has 29 heavy (non-hydrogen) atoms. The van der Waals surface area contributed by atoms with Crippen LogP contribution in [0.4, 0.5) is 10.5 Å². The van der Waals surface area contributed by atoms with Crippen LogP contribution in [0.1, 0.15) is 38.3 Å². The molecule has 0 bridgehead atoms. The zero-order valence-corrected chi connectivity index (χ0v) is 16.9. The molecule has 1 aliphatic rings. The molecule has 3 amide bonds. The smallest absolute Gasteiger partial charge is 0.346 e. The van der Waals surface area contributed by atoms with E-state index in [0.717, 1.165) is 23.8 Å². The summed E-state index contributed by atoms with van der Waals surface area (Å²) in [7, 11) is 0. The number of carbonyl (C=O) groups excluding carboxylic acids is 2. The highest BCUT2D eigenvalue weighted by molar-refractivity contribution is 6.07. The number of anilines is 1. The molecule has 3 rings (SSSR count). The molecule has 152 valence electrons. The number of benzene rings is 2. The highest BCUT2D eigenvalue weighted by Crippen LogP contribution is 2.32. The first-order valence-electron chi connectivity index (χ1n) is 9.81. The molecular formula is C22H26N4O3. The minimum absolute atomic E-state index is 0.0371. The summed E-state index contributed by atoms with van der Waals surface area (Å²) in [5, 5.41) is 18.0. The fourth-order valence-corrected chi connectivity index (χ4v) is 3.58. The lowest BCUT2D eigenvalue weighted by molar-refractivity contribution is -0.131. The van der Waals surface area contributed by atoms with Gasteiger partial charge in [0.1, 0.15) is 11.3 Å². The van der Waals surface area contributed by atoms with Gasteiger partial charge in [0.2, 0.25) is 0 Å². The van der Waals surface area contributed by atoms with Crippen molar-refractivity contribution in [3.05, 3.63) is 59.7 Å². The maximum Gasteiger partial charge on any atom is 0.346 e. The van der Waals surface area contributed by atoms with Gasteiger partial charge in [0.25, 0.3) is 5.91 Å². The first-order chi connectivity index (χ1) is 14.0. The fourth-order valence-electron chi connectivity index (χ4n) is 3.58. The first kappa shape index (κ1) is 20.4. The van der Waals surface area contributed by atoms with Gasteiger partial charge in [0, 0.05) is 30.4 Å². The van der Waals surface area contributed by atoms with Crippen molar-refractivity contribution in [2.45, 2.75) is 32.7 Å². The molecule has 0 radical (unpaired) electrons. The Morgan fingerprint density at radius 2 is 1.79 bits per heavy atom. The molecule has 0 aliphatic carbocycles. The van der Waals surface area contributed by atoms with E-state index in [1.165, 1.54) is 6.21 Å². The third-order valence-corrected chi connectivity index (χ3v) is 5.32. The van der Waals surface area contributed by atoms with Crippen LogP contribution in [0, 0.1) is 0 Å². The molecule has 2 N–H and O–H groups in total. The molecule has 1 atom stereocenters. The Kier molecular flexibility index (Phi) is 5.87. The molecule has 0 spiro atoms. The van der Waals surface area contributed by atoms with E-state index in [1.54, 1.807) is 12.1 Å². The molecule has 1 aliphatic heterocycles. The van der Waals surface area contributed by atoms with Crippen LogP contribution in [0.25, 0.3) is 0 Å². The van der Waals surface area contributed by atoms with Crippen molar-refractivity contribution in [1.82, 2.24) is 10.3 Å². The zero-order valence-electron chi connectivity index (χ0n) is 16.9. The quantitative estimate of drug-likeness (QED) is 0.557. The van der Waals surface area contributed by atoms with E-state index in [2.05, 4.69) is 15.3 Å². The SMILES string of the molecule is CCN(CC)c1ccc(/C=N/N2C(=O)N[C@](CC)(c3ccccc3)C2=O)c(O)c1. The van der Waals surface area contributed by atoms with Crippen LogP contribution in [0.3, 0.4) is 0 Å². The van der Waals surface area contributed by atoms with Crippen LogP contribution in [-0.2, 0) is 10.3 Å². The number of phenols is 1. The minimum Gasteiger partial charge on any atom is -0.507 e. The predicted octanol–water partition coefficient (Wildman–Crippen LogP) is 3.43. The van der Waals surface area contributed by atoms with Crippen LogP contribution in [0.15, 0.2) is 53.6 Å². The summed E-state index contributed by atoms with van der Waals surface area (Å²) in [4.78, 5) is 27.6. The number of amides is 3. The molecule has 1 fully saturated rings. The molecule has 0 aromatic heterocycles. The number of phenolic OH excluding ortho intramolecular Hbond substituents is 1. The van der Waals surface area contributed by atoms with Gasteiger partial charge in [-0.05, 0) is 38.0 Å². The molecular weight excluding hydrogens is 368 g/mol. The van der Waals surface area contributed by atoms with Gasteiger partial charge in [0.05, 0.1) is 6.21 Å². The zero-order chi connectivity index (χ0) is 21.0. The van der Waals surface area contributed by atoms with Crippen molar-refractivity contribution in [3.8, 4) is 5.75 Å². The molecule has 1 heterocycles. The van der Waals surface area contributed by atoms with E-state index in [9.17, 15) is 14.7 Å². The normalized spacial score (nSPS) is 19.1. The second-order valence-electron chi connectivity index (χ2n) is 6.83. The van der Waals surface area contributed by atoms with Crippen LogP contribution in [0.2, 0.25) is 0 Å². The number of carbonyl (C=O) groups is 2. The summed E-state index contributed by atoms with van der Waals surface area (Å²) in [5.41, 5.74) is 0.901. The number of nitrogens with one attached hydrogen (secondary N) is 1. The maximum absolute atomic E-state index is 13.1. The molecule has 7 nitrogen and oxygen atoms in total. The number of hydrogen-bond acceptors (Lipinski definition) is 5. The van der Waals surface area contributed by atoms with Crippen LogP contribution in [0.5, 0.6) is 5.75 Å². The van der Waals surface area contributed by atoms with Gasteiger partial charge in [-0.25, -0.2) is 4.79 Å². The van der Waals surface area contributed by atoms with Gasteiger partial charge < -0.3 is 15.3 Å². The van der Waals surface area contributed by atoms with E-state index in [4.69, 9.17) is 0 Å². The standard InChI is InChI=1S/C22H26N4O3/c1-4-22(17-10-8-7-9-11-17)20(28)26(21(29)24-22)23-15-16-12-13-18(14-19(16)27)25(5-2)6-3/h7-15,27H,4-6H2,1-3H3,(H,24,29)/b23-15+/t22-/m1/s1. The second-order valence-corrected chi connectivity index (χ2v) is 6.83. The largest absolute Gasteiger partial charge is 0.507 e. The average Bonchev–Trinajstić information content (AvgIpc) is 2.99. The Bertz CT molecular complexity index is 925. The van der Waals surface area contributed by atoms with Crippen LogP contribution in [-0.4, -0.2) is 41.4 Å². The third kappa shape index (κ3) is 3.68. The van der Waals surface area contributed by atoms with E-state index >= 15 is 0 Å². The van der Waals surface area contributed by atoms with E-state index in [1.807, 2.05) is 57.2 Å². The van der Waals surface area contributed by atoms with Crippen molar-refractivity contribution < 1.29 is 14.7 Å². The number of nitrogens with zero attached hydrogens (tertiary/aromatic N) is 3. The lowest BCUT2D eigenvalue weighted by Crippen LogP contribution is -2.43. The molecule has 2 aromatic rings. The van der Waals surface area contributed by atoms with Gasteiger partial charge in [-0.2, -0.15) is 5.10 Å². The number of urea groups is 1. The van der Waals surface area contributed by atoms with Crippen LogP contribution < -0.4 is 10.2 Å². The summed E-state index contributed by atoms with van der Waals surface area (Å²) in [5.74, 6) is -0.401. The Labute approximate surface area is 170 Å². The van der Waals surface area contributed by atoms with Crippen molar-refractivity contribution in [1.29, 1.82) is 0 Å². The summed E-state index contributed by atoms with van der Waals surface area (Å²) >= 11 is 0. The lowest BCUT2D eigenvalue weighted by atomic mass is 9.87. The Hall–Kier alpha value is -3.35. The van der Waals surface area contributed by atoms with Crippen molar-refractivity contribution in [2.75, 3.05) is 18.0 Å². The van der Waals surface area contributed by atoms with Crippen molar-refractivity contribution >= 4 is 23.8 Å². The highest BCUT2D eigenvalue weighted by atomic mass is 16.3. The van der Waals surface area contributed by atoms with Crippen molar-refractivity contribution in [2.24, 2.45) is 5.10 Å². The predicted molar refractivity (Wildman–Crippen MR) is 113 cm³/mol. The van der Waals surface area contributed by atoms with Gasteiger partial charge in [-0.15, -0.1) is 5.01 Å². The van der Waals surface area contributed by atoms with Gasteiger partial charge >= 0.3 is 6.03 Å². The number of rotatable bonds is 7. The topological polar surface area (TPSA) is 85.2 Å². The summed E-state index contributed by atoms with van der Waals surface area (Å²) in [6, 6.07) is 13.8. The summed E-state index contributed by atoms with van der Waals surface area (Å²) in [6.07, 6.45) is 1.73. The molecule has 0 unspecified atom stereocenters. The van der Waals surface area contributed by atoms with Gasteiger partial charge in [-0.1, -0.05) is 37.3 Å². The second kappa shape index (κ2) is 8.34.